The van der Waals surface area contributed by atoms with Crippen LogP contribution in [0, 0.1) is 6.92 Å². The lowest BCUT2D eigenvalue weighted by molar-refractivity contribution is 0.0719. The van der Waals surface area contributed by atoms with Crippen LogP contribution in [0.1, 0.15) is 43.9 Å². The molecule has 1 unspecified atom stereocenters. The van der Waals surface area contributed by atoms with Crippen molar-refractivity contribution in [3.8, 4) is 11.4 Å². The van der Waals surface area contributed by atoms with Crippen LogP contribution >= 0.6 is 0 Å². The molecule has 0 saturated carbocycles. The number of rotatable bonds is 3. The van der Waals surface area contributed by atoms with E-state index in [2.05, 4.69) is 46.2 Å². The molecule has 0 spiro atoms. The highest BCUT2D eigenvalue weighted by Crippen LogP contribution is 2.29. The van der Waals surface area contributed by atoms with E-state index in [1.807, 2.05) is 24.0 Å². The molecule has 1 aromatic heterocycles. The lowest BCUT2D eigenvalue weighted by Gasteiger charge is -2.29. The zero-order chi connectivity index (χ0) is 26.4. The number of fused-ring (bicyclic) bond motifs is 1. The number of ether oxygens (including phenoxy) is 1. The maximum Gasteiger partial charge on any atom is 0.190 e. The first kappa shape index (κ1) is 26.3. The van der Waals surface area contributed by atoms with Gasteiger partial charge >= 0.3 is 0 Å². The summed E-state index contributed by atoms with van der Waals surface area (Å²) >= 11 is 0. The second-order valence-electron chi connectivity index (χ2n) is 9.10. The summed E-state index contributed by atoms with van der Waals surface area (Å²) in [5.41, 5.74) is 4.29. The van der Waals surface area contributed by atoms with Crippen molar-refractivity contribution in [2.24, 2.45) is 5.16 Å². The average Bonchev–Trinajstić information content (AvgIpc) is 3.17. The zero-order valence-corrected chi connectivity index (χ0v) is 21.3. The molecule has 0 amide bonds. The number of piperidine rings is 1. The molecule has 1 fully saturated rings. The monoisotopic (exact) mass is 512 g/mol. The standard InChI is InChI=1S/C21H26N4O2.C7H5F3/c1-15-13-25(14-22-15)19-7-6-17(12-20(19)26-3)11-18-5-4-9-24-10-8-16(2)27-23-21(18)24;8-5-3-1-2-4-6(9)7(5)10/h6-7,11-14,16H,4-5,8-10H2,1-3H3;1-3H,4H2/b18-11+;. The SMILES string of the molecule is COc1cc(/C=C2\CCCN3CCC(C)ON=C23)ccc1-n1cnc(C)c1.FC1=CC=CCC(F)=C1F. The van der Waals surface area contributed by atoms with Gasteiger partial charge in [0, 0.05) is 32.1 Å². The molecule has 0 bridgehead atoms. The number of methoxy groups -OCH3 is 1. The Bertz CT molecular complexity index is 1270. The van der Waals surface area contributed by atoms with Gasteiger partial charge in [-0.25, -0.2) is 18.2 Å². The van der Waals surface area contributed by atoms with Gasteiger partial charge in [0.05, 0.1) is 24.8 Å². The van der Waals surface area contributed by atoms with Gasteiger partial charge in [-0.05, 0) is 62.1 Å². The van der Waals surface area contributed by atoms with Crippen LogP contribution < -0.4 is 4.74 Å². The van der Waals surface area contributed by atoms with E-state index in [9.17, 15) is 13.2 Å². The Hall–Kier alpha value is -3.75. The van der Waals surface area contributed by atoms with Crippen LogP contribution in [0.4, 0.5) is 13.2 Å². The van der Waals surface area contributed by atoms with E-state index in [4.69, 9.17) is 9.57 Å². The van der Waals surface area contributed by atoms with Gasteiger partial charge in [0.15, 0.2) is 17.5 Å². The molecule has 1 saturated heterocycles. The predicted molar refractivity (Wildman–Crippen MR) is 138 cm³/mol. The fourth-order valence-electron chi connectivity index (χ4n) is 4.25. The van der Waals surface area contributed by atoms with Crippen molar-refractivity contribution in [1.29, 1.82) is 0 Å². The predicted octanol–water partition coefficient (Wildman–Crippen LogP) is 6.74. The van der Waals surface area contributed by atoms with Gasteiger partial charge in [0.1, 0.15) is 17.7 Å². The van der Waals surface area contributed by atoms with E-state index in [0.717, 1.165) is 67.0 Å². The first-order valence-electron chi connectivity index (χ1n) is 12.3. The second-order valence-corrected chi connectivity index (χ2v) is 9.10. The molecule has 1 aromatic carbocycles. The van der Waals surface area contributed by atoms with Crippen LogP contribution in [0.15, 0.2) is 77.2 Å². The van der Waals surface area contributed by atoms with Gasteiger partial charge in [-0.2, -0.15) is 0 Å². The maximum absolute atomic E-state index is 12.3. The van der Waals surface area contributed by atoms with Crippen molar-refractivity contribution < 1.29 is 22.7 Å². The Labute approximate surface area is 215 Å². The molecule has 3 aliphatic rings. The fourth-order valence-corrected chi connectivity index (χ4v) is 4.25. The summed E-state index contributed by atoms with van der Waals surface area (Å²) in [5.74, 6) is -1.78. The molecule has 9 heteroatoms. The topological polar surface area (TPSA) is 51.9 Å². The van der Waals surface area contributed by atoms with Gasteiger partial charge < -0.3 is 19.0 Å². The molecule has 0 N–H and O–H groups in total. The minimum atomic E-state index is -1.38. The Morgan fingerprint density at radius 2 is 2.03 bits per heavy atom. The van der Waals surface area contributed by atoms with Crippen LogP contribution in [0.25, 0.3) is 11.8 Å². The number of imidazole rings is 1. The highest BCUT2D eigenvalue weighted by atomic mass is 19.2. The molecule has 2 aromatic rings. The number of amidine groups is 1. The largest absolute Gasteiger partial charge is 0.495 e. The third-order valence-corrected chi connectivity index (χ3v) is 6.24. The zero-order valence-electron chi connectivity index (χ0n) is 21.3. The summed E-state index contributed by atoms with van der Waals surface area (Å²) < 4.78 is 44.4. The quantitative estimate of drug-likeness (QED) is 0.457. The maximum atomic E-state index is 12.3. The molecule has 196 valence electrons. The summed E-state index contributed by atoms with van der Waals surface area (Å²) in [6.07, 6.45) is 12.7. The summed E-state index contributed by atoms with van der Waals surface area (Å²) in [7, 11) is 1.70. The third-order valence-electron chi connectivity index (χ3n) is 6.24. The number of aromatic nitrogens is 2. The van der Waals surface area contributed by atoms with Gasteiger partial charge in [-0.1, -0.05) is 23.4 Å². The first-order chi connectivity index (χ1) is 17.9. The summed E-state index contributed by atoms with van der Waals surface area (Å²) in [4.78, 5) is 12.3. The highest BCUT2D eigenvalue weighted by Gasteiger charge is 2.25. The van der Waals surface area contributed by atoms with E-state index in [-0.39, 0.29) is 12.5 Å². The minimum Gasteiger partial charge on any atom is -0.495 e. The van der Waals surface area contributed by atoms with Crippen LogP contribution in [0.2, 0.25) is 0 Å². The van der Waals surface area contributed by atoms with Crippen molar-refractivity contribution in [3.05, 3.63) is 83.3 Å². The highest BCUT2D eigenvalue weighted by molar-refractivity contribution is 6.02. The molecule has 3 heterocycles. The molecule has 2 aliphatic heterocycles. The Morgan fingerprint density at radius 1 is 1.19 bits per heavy atom. The summed E-state index contributed by atoms with van der Waals surface area (Å²) in [5, 5.41) is 4.44. The van der Waals surface area contributed by atoms with E-state index in [0.29, 0.717) is 0 Å². The number of halogens is 3. The number of oxime groups is 1. The van der Waals surface area contributed by atoms with Gasteiger partial charge in [-0.3, -0.25) is 0 Å². The Balaban J connectivity index is 0.000000270. The third kappa shape index (κ3) is 6.53. The summed E-state index contributed by atoms with van der Waals surface area (Å²) in [6, 6.07) is 6.25. The number of hydrogen-bond acceptors (Lipinski definition) is 5. The van der Waals surface area contributed by atoms with E-state index in [1.54, 1.807) is 7.11 Å². The van der Waals surface area contributed by atoms with Gasteiger partial charge in [-0.15, -0.1) is 0 Å². The van der Waals surface area contributed by atoms with E-state index >= 15 is 0 Å². The smallest absolute Gasteiger partial charge is 0.190 e. The normalized spacial score (nSPS) is 20.6. The fraction of sp³-hybridized carbons (Fsp3) is 0.357. The lowest BCUT2D eigenvalue weighted by atomic mass is 9.99. The minimum absolute atomic E-state index is 0.169. The number of allylic oxidation sites excluding steroid dienone is 6. The second kappa shape index (κ2) is 12.0. The number of benzene rings is 1. The van der Waals surface area contributed by atoms with E-state index in [1.165, 1.54) is 17.7 Å². The molecule has 6 nitrogen and oxygen atoms in total. The lowest BCUT2D eigenvalue weighted by Crippen LogP contribution is -2.37. The van der Waals surface area contributed by atoms with Crippen LogP contribution in [0.5, 0.6) is 5.75 Å². The number of nitrogens with zero attached hydrogens (tertiary/aromatic N) is 4. The van der Waals surface area contributed by atoms with Crippen LogP contribution in [0.3, 0.4) is 0 Å². The molecule has 37 heavy (non-hydrogen) atoms. The Kier molecular flexibility index (Phi) is 8.53. The molecule has 1 aliphatic carbocycles. The van der Waals surface area contributed by atoms with Crippen molar-refractivity contribution >= 4 is 11.9 Å². The number of hydrogen-bond donors (Lipinski definition) is 0. The average molecular weight is 513 g/mol. The van der Waals surface area contributed by atoms with E-state index < -0.39 is 17.5 Å². The molecular weight excluding hydrogens is 481 g/mol. The van der Waals surface area contributed by atoms with Crippen molar-refractivity contribution in [2.75, 3.05) is 20.2 Å². The number of aryl methyl sites for hydroxylation is 1. The van der Waals surface area contributed by atoms with Crippen LogP contribution in [-0.2, 0) is 4.84 Å². The van der Waals surface area contributed by atoms with Crippen molar-refractivity contribution in [3.63, 3.8) is 0 Å². The first-order valence-corrected chi connectivity index (χ1v) is 12.3. The van der Waals surface area contributed by atoms with Crippen molar-refractivity contribution in [1.82, 2.24) is 14.5 Å². The van der Waals surface area contributed by atoms with Crippen LogP contribution in [-0.4, -0.2) is 46.6 Å². The molecular formula is C28H31F3N4O2. The van der Waals surface area contributed by atoms with Gasteiger partial charge in [0.25, 0.3) is 0 Å². The molecule has 1 atom stereocenters. The summed E-state index contributed by atoms with van der Waals surface area (Å²) in [6.45, 7) is 6.11. The molecule has 0 radical (unpaired) electrons. The molecule has 5 rings (SSSR count). The van der Waals surface area contributed by atoms with Crippen molar-refractivity contribution in [2.45, 2.75) is 45.6 Å². The van der Waals surface area contributed by atoms with Gasteiger partial charge in [0.2, 0.25) is 0 Å². The Morgan fingerprint density at radius 3 is 2.78 bits per heavy atom.